The number of carbonyl (C=O) groups excluding carboxylic acids is 1. The van der Waals surface area contributed by atoms with E-state index in [0.29, 0.717) is 21.7 Å². The molecule has 4 rings (SSSR count). The summed E-state index contributed by atoms with van der Waals surface area (Å²) in [7, 11) is 0. The van der Waals surface area contributed by atoms with Crippen LogP contribution in [0, 0.1) is 29.1 Å². The van der Waals surface area contributed by atoms with E-state index < -0.39 is 5.97 Å². The minimum atomic E-state index is -0.990. The van der Waals surface area contributed by atoms with Crippen LogP contribution in [0.2, 0.25) is 0 Å². The maximum atomic E-state index is 14.0. The minimum Gasteiger partial charge on any atom is -0.477 e. The van der Waals surface area contributed by atoms with Gasteiger partial charge in [-0.15, -0.1) is 11.3 Å². The predicted octanol–water partition coefficient (Wildman–Crippen LogP) is 6.83. The molecule has 2 N–H and O–H groups in total. The molecule has 0 bridgehead atoms. The average molecular weight is 528 g/mol. The summed E-state index contributed by atoms with van der Waals surface area (Å²) in [5.74, 6) is 6.09. The monoisotopic (exact) mass is 527 g/mol. The highest BCUT2D eigenvalue weighted by Crippen LogP contribution is 2.40. The Balaban J connectivity index is 1.62. The zero-order valence-electron chi connectivity index (χ0n) is 21.7. The zero-order chi connectivity index (χ0) is 25.9. The number of aromatic amines is 1. The highest BCUT2D eigenvalue weighted by molar-refractivity contribution is 7.99. The van der Waals surface area contributed by atoms with Crippen LogP contribution >= 0.6 is 23.1 Å². The van der Waals surface area contributed by atoms with Crippen molar-refractivity contribution in [1.82, 2.24) is 9.97 Å². The van der Waals surface area contributed by atoms with Crippen LogP contribution in [0.25, 0.3) is 0 Å². The van der Waals surface area contributed by atoms with Crippen molar-refractivity contribution in [3.63, 3.8) is 0 Å². The first-order chi connectivity index (χ1) is 17.1. The quantitative estimate of drug-likeness (QED) is 0.402. The molecule has 8 heteroatoms. The van der Waals surface area contributed by atoms with Crippen LogP contribution in [0.15, 0.2) is 23.6 Å². The third-order valence-electron chi connectivity index (χ3n) is 7.09. The molecule has 0 radical (unpaired) electrons. The van der Waals surface area contributed by atoms with Gasteiger partial charge in [-0.3, -0.25) is 4.79 Å². The zero-order valence-corrected chi connectivity index (χ0v) is 23.3. The van der Waals surface area contributed by atoms with Crippen molar-refractivity contribution >= 4 is 40.7 Å². The van der Waals surface area contributed by atoms with Crippen molar-refractivity contribution in [2.75, 3.05) is 4.90 Å². The van der Waals surface area contributed by atoms with Crippen LogP contribution in [0.5, 0.6) is 0 Å². The van der Waals surface area contributed by atoms with Crippen molar-refractivity contribution < 1.29 is 14.7 Å². The molecule has 0 saturated heterocycles. The number of hydrogen-bond acceptors (Lipinski definition) is 5. The first kappa shape index (κ1) is 26.8. The molecular formula is C28H37N3O3S2. The van der Waals surface area contributed by atoms with Crippen LogP contribution in [-0.2, 0) is 4.79 Å². The number of rotatable bonds is 6. The van der Waals surface area contributed by atoms with E-state index in [-0.39, 0.29) is 28.2 Å². The van der Waals surface area contributed by atoms with Crippen LogP contribution < -0.4 is 4.90 Å². The first-order valence-corrected chi connectivity index (χ1v) is 14.7. The first-order valence-electron chi connectivity index (χ1n) is 13.0. The lowest BCUT2D eigenvalue weighted by atomic mass is 9.81. The van der Waals surface area contributed by atoms with Gasteiger partial charge in [-0.05, 0) is 84.1 Å². The number of nitrogens with one attached hydrogen (secondary N) is 1. The van der Waals surface area contributed by atoms with E-state index in [2.05, 4.69) is 28.7 Å². The number of H-pyrrole nitrogens is 1. The fraction of sp³-hybridized carbons (Fsp3) is 0.607. The predicted molar refractivity (Wildman–Crippen MR) is 147 cm³/mol. The number of aromatic carboxylic acids is 1. The number of aromatic nitrogens is 2. The van der Waals surface area contributed by atoms with Crippen molar-refractivity contribution in [3.05, 3.63) is 28.2 Å². The molecule has 2 aromatic rings. The topological polar surface area (TPSA) is 86.3 Å². The fourth-order valence-corrected chi connectivity index (χ4v) is 7.04. The van der Waals surface area contributed by atoms with Gasteiger partial charge in [0.2, 0.25) is 5.91 Å². The molecule has 2 heterocycles. The Labute approximate surface area is 222 Å². The van der Waals surface area contributed by atoms with Crippen molar-refractivity contribution in [2.24, 2.45) is 17.3 Å². The van der Waals surface area contributed by atoms with E-state index >= 15 is 0 Å². The number of carboxylic acid groups (broad SMARTS) is 1. The molecule has 2 fully saturated rings. The number of thioether (sulfide) groups is 1. The maximum absolute atomic E-state index is 14.0. The van der Waals surface area contributed by atoms with Gasteiger partial charge in [0.15, 0.2) is 5.16 Å². The lowest BCUT2D eigenvalue weighted by Gasteiger charge is -2.39. The summed E-state index contributed by atoms with van der Waals surface area (Å²) >= 11 is 2.94. The molecule has 0 aromatic carbocycles. The van der Waals surface area contributed by atoms with Gasteiger partial charge in [0.05, 0.1) is 10.6 Å². The van der Waals surface area contributed by atoms with Gasteiger partial charge in [-0.2, -0.15) is 0 Å². The van der Waals surface area contributed by atoms with Gasteiger partial charge in [-0.25, -0.2) is 9.78 Å². The number of carboxylic acids is 1. The molecule has 0 atom stereocenters. The number of thiophene rings is 1. The Morgan fingerprint density at radius 2 is 1.83 bits per heavy atom. The number of hydrogen-bond donors (Lipinski definition) is 2. The average Bonchev–Trinajstić information content (AvgIpc) is 3.49. The smallest absolute Gasteiger partial charge is 0.348 e. The fourth-order valence-electron chi connectivity index (χ4n) is 5.12. The number of amides is 1. The molecule has 194 valence electrons. The maximum Gasteiger partial charge on any atom is 0.348 e. The highest BCUT2D eigenvalue weighted by atomic mass is 32.2. The third kappa shape index (κ3) is 6.74. The van der Waals surface area contributed by atoms with E-state index in [1.54, 1.807) is 18.0 Å². The second kappa shape index (κ2) is 11.4. The van der Waals surface area contributed by atoms with Gasteiger partial charge in [0.25, 0.3) is 0 Å². The molecular weight excluding hydrogens is 490 g/mol. The van der Waals surface area contributed by atoms with Crippen LogP contribution in [0.4, 0.5) is 5.69 Å². The van der Waals surface area contributed by atoms with Gasteiger partial charge in [-0.1, -0.05) is 30.5 Å². The number of carbonyl (C=O) groups is 2. The molecule has 0 spiro atoms. The SMILES string of the molecule is CC1CCC(C(=O)N(c2cc(C#CC(C)(C)C)sc2C(=O)O)C2CCC(Sc3ncc[nH]3)CC2)CC1. The number of nitrogens with zero attached hydrogens (tertiary/aromatic N) is 2. The highest BCUT2D eigenvalue weighted by Gasteiger charge is 2.37. The molecule has 2 aromatic heterocycles. The normalized spacial score (nSPS) is 24.6. The molecule has 2 saturated carbocycles. The molecule has 2 aliphatic carbocycles. The molecule has 6 nitrogen and oxygen atoms in total. The second-order valence-electron chi connectivity index (χ2n) is 11.2. The van der Waals surface area contributed by atoms with Gasteiger partial charge >= 0.3 is 5.97 Å². The van der Waals surface area contributed by atoms with Crippen LogP contribution in [0.3, 0.4) is 0 Å². The Kier molecular flexibility index (Phi) is 8.52. The van der Waals surface area contributed by atoms with E-state index in [9.17, 15) is 14.7 Å². The summed E-state index contributed by atoms with van der Waals surface area (Å²) < 4.78 is 0. The Hall–Kier alpha value is -2.24. The molecule has 0 aliphatic heterocycles. The van der Waals surface area contributed by atoms with Crippen molar-refractivity contribution in [2.45, 2.75) is 95.5 Å². The summed E-state index contributed by atoms with van der Waals surface area (Å²) in [5.41, 5.74) is 0.350. The number of anilines is 1. The lowest BCUT2D eigenvalue weighted by molar-refractivity contribution is -0.124. The number of imidazole rings is 1. The third-order valence-corrected chi connectivity index (χ3v) is 9.37. The molecule has 0 unspecified atom stereocenters. The van der Waals surface area contributed by atoms with E-state index in [4.69, 9.17) is 0 Å². The minimum absolute atomic E-state index is 0.00132. The second-order valence-corrected chi connectivity index (χ2v) is 13.6. The Bertz CT molecular complexity index is 1110. The summed E-state index contributed by atoms with van der Waals surface area (Å²) in [6.45, 7) is 8.35. The van der Waals surface area contributed by atoms with E-state index in [0.717, 1.165) is 56.5 Å². The summed E-state index contributed by atoms with van der Waals surface area (Å²) in [6, 6.07) is 1.85. The van der Waals surface area contributed by atoms with Crippen LogP contribution in [0.1, 0.15) is 93.6 Å². The molecule has 1 amide bonds. The Morgan fingerprint density at radius 1 is 1.14 bits per heavy atom. The van der Waals surface area contributed by atoms with E-state index in [1.165, 1.54) is 11.3 Å². The lowest BCUT2D eigenvalue weighted by Crippen LogP contribution is -2.46. The molecule has 36 heavy (non-hydrogen) atoms. The van der Waals surface area contributed by atoms with Crippen molar-refractivity contribution in [1.29, 1.82) is 0 Å². The van der Waals surface area contributed by atoms with Gasteiger partial charge in [0.1, 0.15) is 4.88 Å². The standard InChI is InChI=1S/C28H37N3O3S2/c1-18-5-7-19(8-6-18)25(32)31(20-9-11-21(12-10-20)36-27-29-15-16-30-27)23-17-22(13-14-28(2,3)4)35-24(23)26(33)34/h15-21H,5-12H2,1-4H3,(H,29,30)(H,33,34). The molecule has 2 aliphatic rings. The summed E-state index contributed by atoms with van der Waals surface area (Å²) in [5, 5.41) is 11.4. The van der Waals surface area contributed by atoms with E-state index in [1.807, 2.05) is 37.9 Å². The van der Waals surface area contributed by atoms with Crippen LogP contribution in [-0.4, -0.2) is 38.2 Å². The van der Waals surface area contributed by atoms with Gasteiger partial charge < -0.3 is 15.0 Å². The summed E-state index contributed by atoms with van der Waals surface area (Å²) in [4.78, 5) is 36.6. The van der Waals surface area contributed by atoms with Crippen molar-refractivity contribution in [3.8, 4) is 11.8 Å². The largest absolute Gasteiger partial charge is 0.477 e. The van der Waals surface area contributed by atoms with Gasteiger partial charge in [0, 0.05) is 35.0 Å². The summed E-state index contributed by atoms with van der Waals surface area (Å²) in [6.07, 6.45) is 11.1. The Morgan fingerprint density at radius 3 is 2.42 bits per heavy atom.